The van der Waals surface area contributed by atoms with Crippen LogP contribution in [0.15, 0.2) is 66.7 Å². The molecule has 3 aromatic carbocycles. The summed E-state index contributed by atoms with van der Waals surface area (Å²) in [6, 6.07) is 16.8. The molecular weight excluding hydrogens is 427 g/mol. The predicted molar refractivity (Wildman–Crippen MR) is 119 cm³/mol. The molecular formula is C25H21FN2O5. The topological polar surface area (TPSA) is 105 Å². The van der Waals surface area contributed by atoms with E-state index in [1.807, 2.05) is 24.3 Å². The molecule has 0 heterocycles. The Labute approximate surface area is 189 Å². The Bertz CT molecular complexity index is 1210. The van der Waals surface area contributed by atoms with Crippen LogP contribution in [0.5, 0.6) is 5.75 Å². The molecule has 4 rings (SSSR count). The van der Waals surface area contributed by atoms with Crippen molar-refractivity contribution < 1.29 is 28.6 Å². The third-order valence-corrected chi connectivity index (χ3v) is 5.68. The van der Waals surface area contributed by atoms with Gasteiger partial charge in [-0.15, -0.1) is 0 Å². The SMILES string of the molecule is COc1ccc(C(=O)NC2(C(=O)O)Cc3ccccc3C2)cc1NC(=O)c1ccc(F)cc1. The van der Waals surface area contributed by atoms with E-state index in [9.17, 15) is 23.9 Å². The highest BCUT2D eigenvalue weighted by atomic mass is 19.1. The molecule has 0 saturated carbocycles. The van der Waals surface area contributed by atoms with E-state index in [1.165, 1.54) is 49.6 Å². The number of amides is 2. The van der Waals surface area contributed by atoms with Crippen LogP contribution in [0.1, 0.15) is 31.8 Å². The van der Waals surface area contributed by atoms with Gasteiger partial charge in [0.15, 0.2) is 0 Å². The van der Waals surface area contributed by atoms with E-state index >= 15 is 0 Å². The summed E-state index contributed by atoms with van der Waals surface area (Å²) >= 11 is 0. The van der Waals surface area contributed by atoms with Crippen molar-refractivity contribution >= 4 is 23.5 Å². The molecule has 0 spiro atoms. The average Bonchev–Trinajstić information content (AvgIpc) is 3.19. The second kappa shape index (κ2) is 8.74. The number of halogens is 1. The first kappa shape index (κ1) is 22.0. The third kappa shape index (κ3) is 4.41. The molecule has 0 aliphatic heterocycles. The van der Waals surface area contributed by atoms with Gasteiger partial charge in [-0.05, 0) is 53.6 Å². The van der Waals surface area contributed by atoms with Gasteiger partial charge >= 0.3 is 5.97 Å². The van der Waals surface area contributed by atoms with Gasteiger partial charge in [0.1, 0.15) is 17.1 Å². The van der Waals surface area contributed by atoms with E-state index in [0.29, 0.717) is 5.75 Å². The standard InChI is InChI=1S/C25H21FN2O5/c1-33-21-11-8-16(12-20(21)27-22(29)15-6-9-19(26)10-7-15)23(30)28-25(24(31)32)13-17-4-2-3-5-18(17)14-25/h2-12H,13-14H2,1H3,(H,27,29)(H,28,30)(H,31,32). The Balaban J connectivity index is 1.57. The Morgan fingerprint density at radius 3 is 2.09 bits per heavy atom. The van der Waals surface area contributed by atoms with E-state index < -0.39 is 29.1 Å². The van der Waals surface area contributed by atoms with Crippen LogP contribution in [0.3, 0.4) is 0 Å². The van der Waals surface area contributed by atoms with Gasteiger partial charge in [-0.3, -0.25) is 9.59 Å². The quantitative estimate of drug-likeness (QED) is 0.536. The smallest absolute Gasteiger partial charge is 0.330 e. The first-order valence-electron chi connectivity index (χ1n) is 10.2. The number of rotatable bonds is 6. The average molecular weight is 448 g/mol. The van der Waals surface area contributed by atoms with Gasteiger partial charge < -0.3 is 20.5 Å². The minimum atomic E-state index is -1.46. The summed E-state index contributed by atoms with van der Waals surface area (Å²) in [7, 11) is 1.41. The second-order valence-electron chi connectivity index (χ2n) is 7.84. The molecule has 0 bridgehead atoms. The minimum Gasteiger partial charge on any atom is -0.495 e. The molecule has 8 heteroatoms. The van der Waals surface area contributed by atoms with Gasteiger partial charge in [-0.1, -0.05) is 24.3 Å². The number of carbonyl (C=O) groups is 3. The molecule has 3 aromatic rings. The summed E-state index contributed by atoms with van der Waals surface area (Å²) in [6.45, 7) is 0. The summed E-state index contributed by atoms with van der Waals surface area (Å²) in [5, 5.41) is 15.2. The molecule has 0 atom stereocenters. The van der Waals surface area contributed by atoms with Crippen LogP contribution >= 0.6 is 0 Å². The van der Waals surface area contributed by atoms with E-state index in [1.54, 1.807) is 0 Å². The number of methoxy groups -OCH3 is 1. The van der Waals surface area contributed by atoms with Crippen molar-refractivity contribution in [3.05, 3.63) is 94.8 Å². The summed E-state index contributed by atoms with van der Waals surface area (Å²) in [4.78, 5) is 37.7. The normalized spacial score (nSPS) is 13.6. The van der Waals surface area contributed by atoms with Crippen LogP contribution in [0.2, 0.25) is 0 Å². The molecule has 1 aliphatic rings. The molecule has 0 radical (unpaired) electrons. The van der Waals surface area contributed by atoms with Crippen molar-refractivity contribution in [2.24, 2.45) is 0 Å². The predicted octanol–water partition coefficient (Wildman–Crippen LogP) is 3.44. The van der Waals surface area contributed by atoms with E-state index in [0.717, 1.165) is 11.1 Å². The lowest BCUT2D eigenvalue weighted by Gasteiger charge is -2.25. The number of nitrogens with one attached hydrogen (secondary N) is 2. The largest absolute Gasteiger partial charge is 0.495 e. The maximum atomic E-state index is 13.1. The van der Waals surface area contributed by atoms with Gasteiger partial charge in [-0.2, -0.15) is 0 Å². The lowest BCUT2D eigenvalue weighted by molar-refractivity contribution is -0.144. The Morgan fingerprint density at radius 1 is 0.909 bits per heavy atom. The van der Waals surface area contributed by atoms with Gasteiger partial charge in [0.2, 0.25) is 0 Å². The number of aliphatic carboxylic acids is 1. The van der Waals surface area contributed by atoms with Crippen LogP contribution in [0.25, 0.3) is 0 Å². The summed E-state index contributed by atoms with van der Waals surface area (Å²) in [6.07, 6.45) is 0.350. The minimum absolute atomic E-state index is 0.154. The van der Waals surface area contributed by atoms with Crippen molar-refractivity contribution in [1.29, 1.82) is 0 Å². The molecule has 7 nitrogen and oxygen atoms in total. The number of fused-ring (bicyclic) bond motifs is 1. The summed E-state index contributed by atoms with van der Waals surface area (Å²) < 4.78 is 18.4. The molecule has 0 unspecified atom stereocenters. The Kier molecular flexibility index (Phi) is 5.83. The van der Waals surface area contributed by atoms with Gasteiger partial charge in [0.25, 0.3) is 11.8 Å². The number of anilines is 1. The number of hydrogen-bond donors (Lipinski definition) is 3. The van der Waals surface area contributed by atoms with E-state index in [2.05, 4.69) is 10.6 Å². The van der Waals surface area contributed by atoms with Gasteiger partial charge in [-0.25, -0.2) is 9.18 Å². The van der Waals surface area contributed by atoms with Crippen molar-refractivity contribution in [3.8, 4) is 5.75 Å². The van der Waals surface area contributed by atoms with E-state index in [4.69, 9.17) is 4.74 Å². The van der Waals surface area contributed by atoms with E-state index in [-0.39, 0.29) is 29.7 Å². The van der Waals surface area contributed by atoms with Crippen LogP contribution < -0.4 is 15.4 Å². The molecule has 2 amide bonds. The van der Waals surface area contributed by atoms with Crippen LogP contribution in [-0.4, -0.2) is 35.5 Å². The zero-order chi connectivity index (χ0) is 23.6. The third-order valence-electron chi connectivity index (χ3n) is 5.68. The lowest BCUT2D eigenvalue weighted by atomic mass is 9.95. The zero-order valence-corrected chi connectivity index (χ0v) is 17.7. The summed E-state index contributed by atoms with van der Waals surface area (Å²) in [5.41, 5.74) is 0.893. The molecule has 33 heavy (non-hydrogen) atoms. The zero-order valence-electron chi connectivity index (χ0n) is 17.7. The first-order chi connectivity index (χ1) is 15.8. The fourth-order valence-corrected chi connectivity index (χ4v) is 3.94. The van der Waals surface area contributed by atoms with Gasteiger partial charge in [0, 0.05) is 24.0 Å². The molecule has 0 fully saturated rings. The number of ether oxygens (including phenoxy) is 1. The molecule has 1 aliphatic carbocycles. The number of carbonyl (C=O) groups excluding carboxylic acids is 2. The fourth-order valence-electron chi connectivity index (χ4n) is 3.94. The number of benzene rings is 3. The highest BCUT2D eigenvalue weighted by Crippen LogP contribution is 2.31. The number of hydrogen-bond acceptors (Lipinski definition) is 4. The van der Waals surface area contributed by atoms with Crippen molar-refractivity contribution in [1.82, 2.24) is 5.32 Å². The number of carboxylic acids is 1. The molecule has 168 valence electrons. The Morgan fingerprint density at radius 2 is 1.52 bits per heavy atom. The lowest BCUT2D eigenvalue weighted by Crippen LogP contribution is -2.55. The van der Waals surface area contributed by atoms with Crippen LogP contribution in [0.4, 0.5) is 10.1 Å². The van der Waals surface area contributed by atoms with Crippen LogP contribution in [0, 0.1) is 5.82 Å². The Hall–Kier alpha value is -4.20. The maximum absolute atomic E-state index is 13.1. The van der Waals surface area contributed by atoms with Crippen LogP contribution in [-0.2, 0) is 17.6 Å². The van der Waals surface area contributed by atoms with Crippen molar-refractivity contribution in [2.75, 3.05) is 12.4 Å². The first-order valence-corrected chi connectivity index (χ1v) is 10.2. The van der Waals surface area contributed by atoms with Crippen molar-refractivity contribution in [2.45, 2.75) is 18.4 Å². The fraction of sp³-hybridized carbons (Fsp3) is 0.160. The molecule has 0 aromatic heterocycles. The number of carboxylic acid groups (broad SMARTS) is 1. The second-order valence-corrected chi connectivity index (χ2v) is 7.84. The monoisotopic (exact) mass is 448 g/mol. The summed E-state index contributed by atoms with van der Waals surface area (Å²) in [5.74, 6) is -2.39. The molecule has 0 saturated heterocycles. The molecule has 3 N–H and O–H groups in total. The highest BCUT2D eigenvalue weighted by molar-refractivity contribution is 6.06. The highest BCUT2D eigenvalue weighted by Gasteiger charge is 2.45. The van der Waals surface area contributed by atoms with Gasteiger partial charge in [0.05, 0.1) is 12.8 Å². The van der Waals surface area contributed by atoms with Crippen molar-refractivity contribution in [3.63, 3.8) is 0 Å². The maximum Gasteiger partial charge on any atom is 0.330 e.